The van der Waals surface area contributed by atoms with E-state index in [1.165, 1.54) is 19.3 Å². The maximum atomic E-state index is 12.1. The van der Waals surface area contributed by atoms with Crippen LogP contribution in [-0.4, -0.2) is 42.3 Å². The van der Waals surface area contributed by atoms with Crippen LogP contribution < -0.4 is 5.32 Å². The molecular weight excluding hydrogens is 288 g/mol. The van der Waals surface area contributed by atoms with E-state index in [9.17, 15) is 4.79 Å². The average molecular weight is 325 g/mol. The van der Waals surface area contributed by atoms with E-state index in [4.69, 9.17) is 4.74 Å². The van der Waals surface area contributed by atoms with Gasteiger partial charge in [-0.1, -0.05) is 20.3 Å². The standard InChI is InChI=1S/C19H36N2O2/c1-14-6-7-15(2)17(12-14)20-13-16-8-10-21(11-9-16)18(22)23-19(3,4)5/h14-17,20H,6-13H2,1-5H3. The molecule has 0 aromatic rings. The van der Waals surface area contributed by atoms with Crippen LogP contribution in [0.15, 0.2) is 0 Å². The Labute approximate surface area is 142 Å². The minimum atomic E-state index is -0.400. The number of hydrogen-bond acceptors (Lipinski definition) is 3. The van der Waals surface area contributed by atoms with Crippen molar-refractivity contribution in [2.45, 2.75) is 78.4 Å². The number of ether oxygens (including phenoxy) is 1. The molecule has 1 saturated heterocycles. The van der Waals surface area contributed by atoms with Crippen molar-refractivity contribution in [1.29, 1.82) is 0 Å². The van der Waals surface area contributed by atoms with Crippen LogP contribution in [-0.2, 0) is 4.74 Å². The summed E-state index contributed by atoms with van der Waals surface area (Å²) >= 11 is 0. The molecule has 1 saturated carbocycles. The van der Waals surface area contributed by atoms with Crippen molar-refractivity contribution in [3.05, 3.63) is 0 Å². The van der Waals surface area contributed by atoms with E-state index in [2.05, 4.69) is 19.2 Å². The summed E-state index contributed by atoms with van der Waals surface area (Å²) in [6.07, 6.45) is 6.08. The zero-order valence-corrected chi connectivity index (χ0v) is 15.7. The van der Waals surface area contributed by atoms with Crippen LogP contribution in [0.3, 0.4) is 0 Å². The lowest BCUT2D eigenvalue weighted by atomic mass is 9.80. The first-order chi connectivity index (χ1) is 10.7. The lowest BCUT2D eigenvalue weighted by Crippen LogP contribution is -2.46. The molecule has 4 heteroatoms. The molecule has 2 fully saturated rings. The lowest BCUT2D eigenvalue weighted by molar-refractivity contribution is 0.0182. The van der Waals surface area contributed by atoms with Crippen molar-refractivity contribution in [2.24, 2.45) is 17.8 Å². The fourth-order valence-corrected chi connectivity index (χ4v) is 3.78. The second kappa shape index (κ2) is 7.87. The summed E-state index contributed by atoms with van der Waals surface area (Å²) in [5, 5.41) is 3.82. The molecule has 1 aliphatic heterocycles. The van der Waals surface area contributed by atoms with Crippen molar-refractivity contribution in [3.8, 4) is 0 Å². The molecule has 2 aliphatic rings. The van der Waals surface area contributed by atoms with E-state index in [1.54, 1.807) is 0 Å². The third-order valence-corrected chi connectivity index (χ3v) is 5.39. The highest BCUT2D eigenvalue weighted by Gasteiger charge is 2.29. The van der Waals surface area contributed by atoms with Gasteiger partial charge in [-0.25, -0.2) is 4.79 Å². The highest BCUT2D eigenvalue weighted by molar-refractivity contribution is 5.68. The SMILES string of the molecule is CC1CCC(C)C(NCC2CCN(C(=O)OC(C)(C)C)CC2)C1. The average Bonchev–Trinajstić information content (AvgIpc) is 2.47. The van der Waals surface area contributed by atoms with Crippen LogP contribution >= 0.6 is 0 Å². The predicted molar refractivity (Wildman–Crippen MR) is 94.5 cm³/mol. The normalized spacial score (nSPS) is 30.3. The number of amides is 1. The highest BCUT2D eigenvalue weighted by Crippen LogP contribution is 2.29. The molecule has 1 amide bonds. The largest absolute Gasteiger partial charge is 0.444 e. The van der Waals surface area contributed by atoms with Gasteiger partial charge in [0.05, 0.1) is 0 Å². The molecule has 1 N–H and O–H groups in total. The third-order valence-electron chi connectivity index (χ3n) is 5.39. The smallest absolute Gasteiger partial charge is 0.410 e. The third kappa shape index (κ3) is 5.98. The molecule has 23 heavy (non-hydrogen) atoms. The molecule has 3 atom stereocenters. The van der Waals surface area contributed by atoms with Gasteiger partial charge in [0.2, 0.25) is 0 Å². The van der Waals surface area contributed by atoms with Gasteiger partial charge in [-0.15, -0.1) is 0 Å². The first kappa shape index (κ1) is 18.6. The van der Waals surface area contributed by atoms with Gasteiger partial charge in [0, 0.05) is 19.1 Å². The Hall–Kier alpha value is -0.770. The van der Waals surface area contributed by atoms with Crippen LogP contribution in [0.4, 0.5) is 4.79 Å². The Morgan fingerprint density at radius 2 is 1.78 bits per heavy atom. The molecule has 1 aliphatic carbocycles. The van der Waals surface area contributed by atoms with Gasteiger partial charge in [-0.3, -0.25) is 0 Å². The monoisotopic (exact) mass is 324 g/mol. The number of carbonyl (C=O) groups excluding carboxylic acids is 1. The minimum absolute atomic E-state index is 0.154. The molecule has 1 heterocycles. The van der Waals surface area contributed by atoms with Crippen molar-refractivity contribution < 1.29 is 9.53 Å². The second-order valence-corrected chi connectivity index (χ2v) is 8.82. The van der Waals surface area contributed by atoms with Gasteiger partial charge in [-0.05, 0) is 70.8 Å². The summed E-state index contributed by atoms with van der Waals surface area (Å²) in [7, 11) is 0. The molecule has 3 unspecified atom stereocenters. The molecule has 4 nitrogen and oxygen atoms in total. The summed E-state index contributed by atoms with van der Waals surface area (Å²) in [4.78, 5) is 14.0. The Kier molecular flexibility index (Phi) is 6.35. The molecule has 0 radical (unpaired) electrons. The van der Waals surface area contributed by atoms with Crippen LogP contribution in [0.5, 0.6) is 0 Å². The van der Waals surface area contributed by atoms with Gasteiger partial charge >= 0.3 is 6.09 Å². The zero-order chi connectivity index (χ0) is 17.0. The number of carbonyl (C=O) groups is 1. The van der Waals surface area contributed by atoms with Crippen molar-refractivity contribution in [1.82, 2.24) is 10.2 Å². The Balaban J connectivity index is 1.69. The molecule has 0 spiro atoms. The van der Waals surface area contributed by atoms with Crippen molar-refractivity contribution in [3.63, 3.8) is 0 Å². The Morgan fingerprint density at radius 3 is 2.39 bits per heavy atom. The van der Waals surface area contributed by atoms with Gasteiger partial charge < -0.3 is 15.0 Å². The van der Waals surface area contributed by atoms with Crippen LogP contribution in [0.2, 0.25) is 0 Å². The molecule has 0 aromatic carbocycles. The summed E-state index contributed by atoms with van der Waals surface area (Å²) in [6, 6.07) is 0.683. The van der Waals surface area contributed by atoms with E-state index in [0.29, 0.717) is 12.0 Å². The summed E-state index contributed by atoms with van der Waals surface area (Å²) < 4.78 is 5.46. The van der Waals surface area contributed by atoms with Crippen molar-refractivity contribution in [2.75, 3.05) is 19.6 Å². The van der Waals surface area contributed by atoms with Gasteiger partial charge in [0.1, 0.15) is 5.60 Å². The van der Waals surface area contributed by atoms with Crippen LogP contribution in [0.25, 0.3) is 0 Å². The molecule has 0 aromatic heterocycles. The van der Waals surface area contributed by atoms with Gasteiger partial charge in [-0.2, -0.15) is 0 Å². The molecule has 0 bridgehead atoms. The zero-order valence-electron chi connectivity index (χ0n) is 15.7. The quantitative estimate of drug-likeness (QED) is 0.851. The number of hydrogen-bond donors (Lipinski definition) is 1. The van der Waals surface area contributed by atoms with E-state index >= 15 is 0 Å². The number of piperidine rings is 1. The first-order valence-electron chi connectivity index (χ1n) is 9.46. The van der Waals surface area contributed by atoms with Gasteiger partial charge in [0.15, 0.2) is 0 Å². The minimum Gasteiger partial charge on any atom is -0.444 e. The molecular formula is C19H36N2O2. The van der Waals surface area contributed by atoms with E-state index < -0.39 is 5.60 Å². The van der Waals surface area contributed by atoms with E-state index in [1.807, 2.05) is 25.7 Å². The van der Waals surface area contributed by atoms with Crippen LogP contribution in [0.1, 0.15) is 66.7 Å². The second-order valence-electron chi connectivity index (χ2n) is 8.82. The van der Waals surface area contributed by atoms with Crippen molar-refractivity contribution >= 4 is 6.09 Å². The topological polar surface area (TPSA) is 41.6 Å². The number of nitrogens with zero attached hydrogens (tertiary/aromatic N) is 1. The fourth-order valence-electron chi connectivity index (χ4n) is 3.78. The number of rotatable bonds is 3. The Bertz CT molecular complexity index is 383. The fraction of sp³-hybridized carbons (Fsp3) is 0.947. The first-order valence-corrected chi connectivity index (χ1v) is 9.46. The van der Waals surface area contributed by atoms with E-state index in [-0.39, 0.29) is 6.09 Å². The van der Waals surface area contributed by atoms with E-state index in [0.717, 1.165) is 44.3 Å². The maximum absolute atomic E-state index is 12.1. The maximum Gasteiger partial charge on any atom is 0.410 e. The lowest BCUT2D eigenvalue weighted by Gasteiger charge is -2.37. The van der Waals surface area contributed by atoms with Gasteiger partial charge in [0.25, 0.3) is 0 Å². The summed E-state index contributed by atoms with van der Waals surface area (Å²) in [5.74, 6) is 2.35. The number of likely N-dealkylation sites (tertiary alicyclic amines) is 1. The highest BCUT2D eigenvalue weighted by atomic mass is 16.6. The molecule has 134 valence electrons. The number of nitrogens with one attached hydrogen (secondary N) is 1. The Morgan fingerprint density at radius 1 is 1.13 bits per heavy atom. The summed E-state index contributed by atoms with van der Waals surface area (Å²) in [5.41, 5.74) is -0.400. The predicted octanol–water partition coefficient (Wildman–Crippen LogP) is 4.05. The molecule has 2 rings (SSSR count). The summed E-state index contributed by atoms with van der Waals surface area (Å²) in [6.45, 7) is 13.3. The van der Waals surface area contributed by atoms with Crippen LogP contribution in [0, 0.1) is 17.8 Å².